The lowest BCUT2D eigenvalue weighted by Gasteiger charge is -2.67. The molecule has 1 heterocycles. The summed E-state index contributed by atoms with van der Waals surface area (Å²) in [6.45, 7) is 87.1. The second-order valence-corrected chi connectivity index (χ2v) is 103. The van der Waals surface area contributed by atoms with Gasteiger partial charge in [0.15, 0.2) is 7.65 Å². The quantitative estimate of drug-likeness (QED) is 0.140. The highest BCUT2D eigenvalue weighted by Gasteiger charge is 2.71. The van der Waals surface area contributed by atoms with Crippen molar-refractivity contribution in [3.63, 3.8) is 0 Å². The zero-order valence-corrected chi connectivity index (χ0v) is 53.8. The second-order valence-electron chi connectivity index (χ2n) is 28.3. The molecule has 0 bridgehead atoms. The molecule has 0 radical (unpaired) electrons. The van der Waals surface area contributed by atoms with Gasteiger partial charge in [-0.15, -0.1) is 0 Å². The van der Waals surface area contributed by atoms with Gasteiger partial charge in [-0.2, -0.15) is 0 Å². The zero-order valence-electron chi connectivity index (χ0n) is 41.8. The van der Waals surface area contributed by atoms with E-state index in [1.807, 2.05) is 0 Å². The minimum absolute atomic E-state index is 0.307. The molecule has 0 amide bonds. The molecule has 0 spiro atoms. The van der Waals surface area contributed by atoms with Crippen molar-refractivity contribution in [2.24, 2.45) is 5.41 Å². The minimum Gasteiger partial charge on any atom is -0.557 e. The van der Waals surface area contributed by atoms with E-state index >= 15 is 0 Å². The summed E-state index contributed by atoms with van der Waals surface area (Å²) in [6, 6.07) is 1.59. The third kappa shape index (κ3) is 10.8. The van der Waals surface area contributed by atoms with Crippen LogP contribution in [0.4, 0.5) is 0 Å². The van der Waals surface area contributed by atoms with E-state index in [0.29, 0.717) is 5.41 Å². The lowest BCUT2D eigenvalue weighted by atomic mass is 9.98. The van der Waals surface area contributed by atoms with Crippen molar-refractivity contribution in [3.8, 4) is 0 Å². The first-order chi connectivity index (χ1) is 22.3. The molecule has 52 heavy (non-hydrogen) atoms. The van der Waals surface area contributed by atoms with Crippen LogP contribution in [0, 0.1) is 5.41 Å². The van der Waals surface area contributed by atoms with Gasteiger partial charge in [-0.05, 0) is 17.0 Å². The Morgan fingerprint density at radius 1 is 0.385 bits per heavy atom. The second kappa shape index (κ2) is 16.1. The van der Waals surface area contributed by atoms with Gasteiger partial charge >= 0.3 is 0 Å². The van der Waals surface area contributed by atoms with Crippen LogP contribution in [0.15, 0.2) is 0 Å². The Morgan fingerprint density at radius 3 is 0.788 bits per heavy atom. The van der Waals surface area contributed by atoms with Crippen LogP contribution in [0.25, 0.3) is 0 Å². The van der Waals surface area contributed by atoms with Gasteiger partial charge in [0, 0.05) is 72.0 Å². The van der Waals surface area contributed by atoms with Gasteiger partial charge in [0.1, 0.15) is 7.59 Å². The maximum absolute atomic E-state index is 8.48. The summed E-state index contributed by atoms with van der Waals surface area (Å²) >= 11 is 0. The molecule has 0 fully saturated rings. The largest absolute Gasteiger partial charge is 0.557 e. The standard InChI is InChI=1S/C39H100OSi12/c1-33(2)51(35(43(7,8)9)44(10,11)12,36(45(13,14)15)46(16,17)18)41-32-39(5,6)31-40-42(41)52(34(3)4,37(47(19,20)21)48(22,23)24)38(49(25,26)27)50(28,29)30/h33-38H,31-32H2,1-30H3. The summed E-state index contributed by atoms with van der Waals surface area (Å²) in [5.41, 5.74) is 1.99. The molecule has 0 aromatic heterocycles. The van der Waals surface area contributed by atoms with Gasteiger partial charge in [-0.25, -0.2) is 0 Å². The van der Waals surface area contributed by atoms with Crippen molar-refractivity contribution in [2.45, 2.75) is 235 Å². The predicted octanol–water partition coefficient (Wildman–Crippen LogP) is 15.0. The molecule has 1 rings (SSSR count). The molecule has 0 atom stereocenters. The summed E-state index contributed by atoms with van der Waals surface area (Å²) in [5, 5.41) is 0. The van der Waals surface area contributed by atoms with Crippen molar-refractivity contribution < 1.29 is 4.43 Å². The molecule has 0 saturated heterocycles. The zero-order chi connectivity index (χ0) is 42.2. The maximum atomic E-state index is 8.48. The van der Waals surface area contributed by atoms with Crippen LogP contribution >= 0.6 is 0 Å². The summed E-state index contributed by atoms with van der Waals surface area (Å²) in [4.78, 5) is 4.19. The minimum atomic E-state index is -2.11. The van der Waals surface area contributed by atoms with Crippen LogP contribution in [0.1, 0.15) is 41.5 Å². The highest BCUT2D eigenvalue weighted by molar-refractivity contribution is 7.63. The molecule has 0 unspecified atom stereocenters. The van der Waals surface area contributed by atoms with Crippen molar-refractivity contribution in [3.05, 3.63) is 0 Å². The monoisotopic (exact) mass is 921 g/mol. The van der Waals surface area contributed by atoms with Gasteiger partial charge in [0.2, 0.25) is 0 Å². The van der Waals surface area contributed by atoms with E-state index in [1.54, 1.807) is 6.04 Å². The SMILES string of the molecule is CC(C)[Si](C([Si](C)(C)C)[Si](C)(C)C)(C([Si](C)(C)C)[Si](C)(C)C)[Si]1=[Si]([Si](C(C)C)(C([Si](C)(C)C)[Si](C)(C)C)C([Si](C)(C)C)[Si](C)(C)C)OCC(C)(C)C1. The smallest absolute Gasteiger partial charge is 0.178 e. The summed E-state index contributed by atoms with van der Waals surface area (Å²) in [6.07, 6.45) is 0. The molecule has 13 heteroatoms. The Labute approximate surface area is 343 Å². The van der Waals surface area contributed by atoms with E-state index in [2.05, 4.69) is 199 Å². The van der Waals surface area contributed by atoms with Gasteiger partial charge in [0.05, 0.1) is 14.2 Å². The van der Waals surface area contributed by atoms with Gasteiger partial charge in [0.25, 0.3) is 0 Å². The number of hydrogen-bond donors (Lipinski definition) is 0. The van der Waals surface area contributed by atoms with Crippen LogP contribution in [0.5, 0.6) is 0 Å². The van der Waals surface area contributed by atoms with Crippen molar-refractivity contribution in [2.75, 3.05) is 6.61 Å². The Morgan fingerprint density at radius 2 is 0.596 bits per heavy atom. The van der Waals surface area contributed by atoms with E-state index in [0.717, 1.165) is 36.8 Å². The first-order valence-corrected chi connectivity index (χ1v) is 60.9. The van der Waals surface area contributed by atoms with Crippen molar-refractivity contribution in [1.29, 1.82) is 0 Å². The fourth-order valence-corrected chi connectivity index (χ4v) is 229. The molecule has 0 N–H and O–H groups in total. The van der Waals surface area contributed by atoms with Crippen LogP contribution < -0.4 is 0 Å². The first-order valence-electron chi connectivity index (χ1n) is 21.7. The van der Waals surface area contributed by atoms with Gasteiger partial charge in [-0.3, -0.25) is 0 Å². The molecule has 0 saturated carbocycles. The van der Waals surface area contributed by atoms with E-state index < -0.39 is 94.8 Å². The lowest BCUT2D eigenvalue weighted by Crippen LogP contribution is -2.81. The van der Waals surface area contributed by atoms with Crippen LogP contribution in [0.3, 0.4) is 0 Å². The Kier molecular flexibility index (Phi) is 16.2. The Hall–Kier alpha value is 2.40. The Bertz CT molecular complexity index is 1130. The third-order valence-electron chi connectivity index (χ3n) is 13.2. The molecule has 0 aromatic rings. The number of rotatable bonds is 16. The predicted molar refractivity (Wildman–Crippen MR) is 280 cm³/mol. The van der Waals surface area contributed by atoms with Crippen molar-refractivity contribution in [1.82, 2.24) is 0 Å². The van der Waals surface area contributed by atoms with Crippen LogP contribution in [-0.4, -0.2) is 101 Å². The highest BCUT2D eigenvalue weighted by atomic mass is 29.6. The van der Waals surface area contributed by atoms with Crippen LogP contribution in [0.2, 0.25) is 193 Å². The molecule has 0 aliphatic carbocycles. The molecule has 1 nitrogen and oxygen atoms in total. The average Bonchev–Trinajstić information content (AvgIpc) is 2.74. The van der Waals surface area contributed by atoms with Crippen molar-refractivity contribution >= 4 is 94.8 Å². The normalized spacial score (nSPS) is 18.5. The summed E-state index contributed by atoms with van der Waals surface area (Å²) in [5.74, 6) is 0. The lowest BCUT2D eigenvalue weighted by molar-refractivity contribution is 0.201. The fraction of sp³-hybridized carbons (Fsp3) is 1.00. The third-order valence-corrected chi connectivity index (χ3v) is 130. The summed E-state index contributed by atoms with van der Waals surface area (Å²) < 4.78 is 8.48. The van der Waals surface area contributed by atoms with E-state index in [-0.39, 0.29) is 0 Å². The first kappa shape index (κ1) is 52.4. The highest BCUT2D eigenvalue weighted by Crippen LogP contribution is 2.61. The molecular formula is C39H100OSi12. The molecule has 1 aliphatic heterocycles. The number of hydrogen-bond acceptors (Lipinski definition) is 1. The topological polar surface area (TPSA) is 9.23 Å². The van der Waals surface area contributed by atoms with Gasteiger partial charge < -0.3 is 4.43 Å². The Balaban J connectivity index is 5.55. The average molecular weight is 922 g/mol. The van der Waals surface area contributed by atoms with E-state index in [4.69, 9.17) is 4.43 Å². The summed E-state index contributed by atoms with van der Waals surface area (Å²) in [7, 11) is -18.8. The van der Waals surface area contributed by atoms with Gasteiger partial charge in [-0.1, -0.05) is 223 Å². The van der Waals surface area contributed by atoms with E-state index in [9.17, 15) is 0 Å². The maximum Gasteiger partial charge on any atom is 0.178 e. The molecule has 1 aliphatic rings. The van der Waals surface area contributed by atoms with Crippen LogP contribution in [-0.2, 0) is 4.43 Å². The molecule has 310 valence electrons. The molecule has 0 aromatic carbocycles. The fourth-order valence-electron chi connectivity index (χ4n) is 15.5. The molecular weight excluding hydrogens is 821 g/mol. The van der Waals surface area contributed by atoms with E-state index in [1.165, 1.54) is 0 Å².